The van der Waals surface area contributed by atoms with Crippen LogP contribution < -0.4 is 10.2 Å². The van der Waals surface area contributed by atoms with E-state index in [0.29, 0.717) is 5.69 Å². The van der Waals surface area contributed by atoms with Crippen molar-refractivity contribution in [3.05, 3.63) is 70.6 Å². The van der Waals surface area contributed by atoms with Crippen LogP contribution in [-0.2, 0) is 0 Å². The molecule has 0 fully saturated rings. The molecule has 0 aliphatic heterocycles. The van der Waals surface area contributed by atoms with E-state index in [9.17, 15) is 9.18 Å². The van der Waals surface area contributed by atoms with Crippen LogP contribution in [0.4, 0.5) is 4.39 Å². The zero-order valence-electron chi connectivity index (χ0n) is 13.7. The quantitative estimate of drug-likeness (QED) is 0.530. The van der Waals surface area contributed by atoms with E-state index in [1.165, 1.54) is 18.2 Å². The van der Waals surface area contributed by atoms with E-state index in [2.05, 4.69) is 20.7 Å². The summed E-state index contributed by atoms with van der Waals surface area (Å²) < 4.78 is 18.7. The van der Waals surface area contributed by atoms with Crippen LogP contribution in [0, 0.1) is 5.82 Å². The summed E-state index contributed by atoms with van der Waals surface area (Å²) >= 11 is 5.89. The second-order valence-corrected chi connectivity index (χ2v) is 5.64. The number of H-pyrrole nitrogens is 1. The molecule has 8 heteroatoms. The SMILES string of the molecule is COc1ccc(-c2cc(C(=O)N/N=C\c3c(F)cccc3Cl)[nH]n2)cc1. The topological polar surface area (TPSA) is 79.4 Å². The number of aromatic nitrogens is 2. The van der Waals surface area contributed by atoms with Gasteiger partial charge in [0.1, 0.15) is 17.3 Å². The molecule has 6 nitrogen and oxygen atoms in total. The van der Waals surface area contributed by atoms with E-state index >= 15 is 0 Å². The average molecular weight is 373 g/mol. The van der Waals surface area contributed by atoms with Crippen LogP contribution >= 0.6 is 11.6 Å². The third kappa shape index (κ3) is 3.89. The van der Waals surface area contributed by atoms with E-state index in [0.717, 1.165) is 17.5 Å². The van der Waals surface area contributed by atoms with Gasteiger partial charge < -0.3 is 4.74 Å². The normalized spacial score (nSPS) is 10.9. The first-order valence-electron chi connectivity index (χ1n) is 7.55. The van der Waals surface area contributed by atoms with Gasteiger partial charge in [0.2, 0.25) is 0 Å². The van der Waals surface area contributed by atoms with Gasteiger partial charge in [-0.05, 0) is 42.5 Å². The van der Waals surface area contributed by atoms with Gasteiger partial charge in [-0.2, -0.15) is 10.2 Å². The van der Waals surface area contributed by atoms with Gasteiger partial charge >= 0.3 is 0 Å². The lowest BCUT2D eigenvalue weighted by atomic mass is 10.1. The minimum Gasteiger partial charge on any atom is -0.497 e. The highest BCUT2D eigenvalue weighted by atomic mass is 35.5. The molecule has 2 N–H and O–H groups in total. The molecule has 0 aliphatic rings. The Morgan fingerprint density at radius 3 is 2.77 bits per heavy atom. The molecule has 1 amide bonds. The summed E-state index contributed by atoms with van der Waals surface area (Å²) in [6.45, 7) is 0. The number of carbonyl (C=O) groups is 1. The van der Waals surface area contributed by atoms with Gasteiger partial charge in [0.15, 0.2) is 0 Å². The van der Waals surface area contributed by atoms with Crippen molar-refractivity contribution in [2.24, 2.45) is 5.10 Å². The van der Waals surface area contributed by atoms with Crippen LogP contribution in [0.3, 0.4) is 0 Å². The lowest BCUT2D eigenvalue weighted by molar-refractivity contribution is 0.0950. The number of nitrogens with one attached hydrogen (secondary N) is 2. The summed E-state index contributed by atoms with van der Waals surface area (Å²) in [6, 6.07) is 13.1. The van der Waals surface area contributed by atoms with Crippen molar-refractivity contribution in [2.45, 2.75) is 0 Å². The monoisotopic (exact) mass is 372 g/mol. The molecule has 0 aliphatic carbocycles. The minimum absolute atomic E-state index is 0.0954. The highest BCUT2D eigenvalue weighted by Crippen LogP contribution is 2.21. The Balaban J connectivity index is 1.69. The predicted octanol–water partition coefficient (Wildman–Crippen LogP) is 3.64. The van der Waals surface area contributed by atoms with Crippen LogP contribution in [-0.4, -0.2) is 29.4 Å². The lowest BCUT2D eigenvalue weighted by Gasteiger charge is -2.00. The Kier molecular flexibility index (Phi) is 5.28. The van der Waals surface area contributed by atoms with Crippen LogP contribution in [0.5, 0.6) is 5.75 Å². The zero-order valence-corrected chi connectivity index (χ0v) is 14.4. The Hall–Kier alpha value is -3.19. The summed E-state index contributed by atoms with van der Waals surface area (Å²) in [5.41, 5.74) is 4.03. The van der Waals surface area contributed by atoms with Crippen molar-refractivity contribution in [3.8, 4) is 17.0 Å². The maximum atomic E-state index is 13.6. The van der Waals surface area contributed by atoms with Crippen LogP contribution in [0.25, 0.3) is 11.3 Å². The van der Waals surface area contributed by atoms with Crippen molar-refractivity contribution in [1.29, 1.82) is 0 Å². The number of benzene rings is 2. The van der Waals surface area contributed by atoms with Crippen molar-refractivity contribution < 1.29 is 13.9 Å². The van der Waals surface area contributed by atoms with Gasteiger partial charge in [-0.1, -0.05) is 17.7 Å². The predicted molar refractivity (Wildman–Crippen MR) is 97.0 cm³/mol. The fourth-order valence-electron chi connectivity index (χ4n) is 2.20. The summed E-state index contributed by atoms with van der Waals surface area (Å²) in [7, 11) is 1.58. The first-order valence-corrected chi connectivity index (χ1v) is 7.93. The van der Waals surface area contributed by atoms with Crippen LogP contribution in [0.1, 0.15) is 16.1 Å². The zero-order chi connectivity index (χ0) is 18.5. The third-order valence-electron chi connectivity index (χ3n) is 3.57. The van der Waals surface area contributed by atoms with Gasteiger partial charge in [0.25, 0.3) is 5.91 Å². The average Bonchev–Trinajstić information content (AvgIpc) is 3.14. The first-order chi connectivity index (χ1) is 12.6. The molecule has 0 saturated heterocycles. The van der Waals surface area contributed by atoms with E-state index in [4.69, 9.17) is 16.3 Å². The van der Waals surface area contributed by atoms with Gasteiger partial charge in [0, 0.05) is 11.1 Å². The van der Waals surface area contributed by atoms with Crippen molar-refractivity contribution in [2.75, 3.05) is 7.11 Å². The van der Waals surface area contributed by atoms with Crippen LogP contribution in [0.15, 0.2) is 53.6 Å². The highest BCUT2D eigenvalue weighted by Gasteiger charge is 2.11. The van der Waals surface area contributed by atoms with Crippen molar-refractivity contribution >= 4 is 23.7 Å². The first kappa shape index (κ1) is 17.6. The Bertz CT molecular complexity index is 934. The summed E-state index contributed by atoms with van der Waals surface area (Å²) in [5.74, 6) is -0.316. The number of hydrazone groups is 1. The second-order valence-electron chi connectivity index (χ2n) is 5.23. The minimum atomic E-state index is -0.529. The Morgan fingerprint density at radius 2 is 2.08 bits per heavy atom. The second kappa shape index (κ2) is 7.79. The molecule has 1 heterocycles. The van der Waals surface area contributed by atoms with Gasteiger partial charge in [0.05, 0.1) is 24.0 Å². The van der Waals surface area contributed by atoms with Gasteiger partial charge in [-0.15, -0.1) is 0 Å². The standard InChI is InChI=1S/C18H14ClFN4O2/c1-26-12-7-5-11(6-8-12)16-9-17(23-22-16)18(25)24-21-10-13-14(19)3-2-4-15(13)20/h2-10H,1H3,(H,22,23)(H,24,25)/b21-10-. The molecule has 3 rings (SSSR count). The molecule has 0 atom stereocenters. The molecule has 1 aromatic heterocycles. The smallest absolute Gasteiger partial charge is 0.289 e. The molecular weight excluding hydrogens is 359 g/mol. The number of methoxy groups -OCH3 is 1. The summed E-state index contributed by atoms with van der Waals surface area (Å²) in [6.07, 6.45) is 1.15. The number of hydrogen-bond donors (Lipinski definition) is 2. The molecule has 0 radical (unpaired) electrons. The highest BCUT2D eigenvalue weighted by molar-refractivity contribution is 6.33. The molecule has 26 heavy (non-hydrogen) atoms. The number of halogens is 2. The number of nitrogens with zero attached hydrogens (tertiary/aromatic N) is 2. The fourth-order valence-corrected chi connectivity index (χ4v) is 2.41. The van der Waals surface area contributed by atoms with Gasteiger partial charge in [-0.3, -0.25) is 9.89 Å². The van der Waals surface area contributed by atoms with E-state index in [1.54, 1.807) is 25.3 Å². The molecule has 0 bridgehead atoms. The lowest BCUT2D eigenvalue weighted by Crippen LogP contribution is -2.18. The molecule has 2 aromatic carbocycles. The molecule has 132 valence electrons. The van der Waals surface area contributed by atoms with E-state index in [-0.39, 0.29) is 16.3 Å². The van der Waals surface area contributed by atoms with Gasteiger partial charge in [-0.25, -0.2) is 9.82 Å². The number of ether oxygens (including phenoxy) is 1. The summed E-state index contributed by atoms with van der Waals surface area (Å²) in [4.78, 5) is 12.1. The number of amides is 1. The third-order valence-corrected chi connectivity index (χ3v) is 3.90. The molecular formula is C18H14ClFN4O2. The molecule has 0 unspecified atom stereocenters. The number of hydrogen-bond acceptors (Lipinski definition) is 4. The molecule has 3 aromatic rings. The maximum absolute atomic E-state index is 13.6. The Labute approximate surface area is 153 Å². The number of carbonyl (C=O) groups excluding carboxylic acids is 1. The van der Waals surface area contributed by atoms with E-state index < -0.39 is 11.7 Å². The summed E-state index contributed by atoms with van der Waals surface area (Å²) in [5, 5.41) is 10.7. The number of aromatic amines is 1. The Morgan fingerprint density at radius 1 is 1.31 bits per heavy atom. The number of rotatable bonds is 5. The van der Waals surface area contributed by atoms with Crippen molar-refractivity contribution in [3.63, 3.8) is 0 Å². The van der Waals surface area contributed by atoms with Crippen LogP contribution in [0.2, 0.25) is 5.02 Å². The largest absolute Gasteiger partial charge is 0.497 e. The van der Waals surface area contributed by atoms with Crippen molar-refractivity contribution in [1.82, 2.24) is 15.6 Å². The molecule has 0 saturated carbocycles. The maximum Gasteiger partial charge on any atom is 0.289 e. The molecule has 0 spiro atoms. The fraction of sp³-hybridized carbons (Fsp3) is 0.0556. The van der Waals surface area contributed by atoms with E-state index in [1.807, 2.05) is 12.1 Å².